The van der Waals surface area contributed by atoms with Gasteiger partial charge in [-0.3, -0.25) is 9.67 Å². The van der Waals surface area contributed by atoms with Gasteiger partial charge in [-0.15, -0.1) is 0 Å². The van der Waals surface area contributed by atoms with E-state index in [-0.39, 0.29) is 5.69 Å². The molecule has 0 spiro atoms. The van der Waals surface area contributed by atoms with E-state index < -0.39 is 0 Å². The van der Waals surface area contributed by atoms with E-state index in [4.69, 9.17) is 17.0 Å². The molecule has 78 valence electrons. The van der Waals surface area contributed by atoms with Gasteiger partial charge in [-0.05, 0) is 19.1 Å². The number of hydrogen-bond donors (Lipinski definition) is 2. The molecule has 0 aliphatic rings. The third kappa shape index (κ3) is 2.97. The standard InChI is InChI=1S/C8H13N3O2S/c1-6(2)5-13-4-3-11-7(12)9-10-8(11)14/h1,3-5H2,2H3,(H,9,12)(H,10,14). The molecule has 1 aromatic rings. The van der Waals surface area contributed by atoms with Crippen LogP contribution in [-0.2, 0) is 11.3 Å². The summed E-state index contributed by atoms with van der Waals surface area (Å²) >= 11 is 4.88. The molecule has 0 aromatic carbocycles. The molecule has 5 nitrogen and oxygen atoms in total. The second kappa shape index (κ2) is 4.92. The van der Waals surface area contributed by atoms with Gasteiger partial charge >= 0.3 is 5.69 Å². The van der Waals surface area contributed by atoms with Crippen molar-refractivity contribution in [1.29, 1.82) is 0 Å². The molecule has 0 aliphatic heterocycles. The molecule has 0 unspecified atom stereocenters. The summed E-state index contributed by atoms with van der Waals surface area (Å²) < 4.78 is 7.04. The number of nitrogens with zero attached hydrogens (tertiary/aromatic N) is 1. The SMILES string of the molecule is C=C(C)COCCn1c(=O)[nH][nH]c1=S. The average molecular weight is 215 g/mol. The number of hydrogen-bond acceptors (Lipinski definition) is 3. The fraction of sp³-hybridized carbons (Fsp3) is 0.500. The summed E-state index contributed by atoms with van der Waals surface area (Å²) in [7, 11) is 0. The minimum Gasteiger partial charge on any atom is -0.375 e. The molecule has 0 bridgehead atoms. The highest BCUT2D eigenvalue weighted by Crippen LogP contribution is 1.89. The lowest BCUT2D eigenvalue weighted by atomic mass is 10.4. The van der Waals surface area contributed by atoms with Gasteiger partial charge in [0.25, 0.3) is 0 Å². The quantitative estimate of drug-likeness (QED) is 0.434. The fourth-order valence-electron chi connectivity index (χ4n) is 0.939. The third-order valence-electron chi connectivity index (χ3n) is 1.57. The predicted molar refractivity (Wildman–Crippen MR) is 55.9 cm³/mol. The molecule has 1 aromatic heterocycles. The summed E-state index contributed by atoms with van der Waals surface area (Å²) in [5, 5.41) is 4.95. The molecule has 0 saturated heterocycles. The summed E-state index contributed by atoms with van der Waals surface area (Å²) in [6, 6.07) is 0. The Morgan fingerprint density at radius 3 is 2.86 bits per heavy atom. The Kier molecular flexibility index (Phi) is 3.84. The summed E-state index contributed by atoms with van der Waals surface area (Å²) in [5.41, 5.74) is 0.713. The number of aromatic nitrogens is 3. The van der Waals surface area contributed by atoms with E-state index in [9.17, 15) is 4.79 Å². The zero-order chi connectivity index (χ0) is 10.6. The lowest BCUT2D eigenvalue weighted by Crippen LogP contribution is -2.20. The molecule has 6 heteroatoms. The van der Waals surface area contributed by atoms with Crippen molar-refractivity contribution in [3.63, 3.8) is 0 Å². The van der Waals surface area contributed by atoms with Gasteiger partial charge in [-0.25, -0.2) is 9.89 Å². The smallest absolute Gasteiger partial charge is 0.342 e. The number of rotatable bonds is 5. The molecule has 0 radical (unpaired) electrons. The van der Waals surface area contributed by atoms with Crippen molar-refractivity contribution in [2.24, 2.45) is 0 Å². The Labute approximate surface area is 86.4 Å². The van der Waals surface area contributed by atoms with Crippen molar-refractivity contribution < 1.29 is 4.74 Å². The molecular formula is C8H13N3O2S. The Bertz CT molecular complexity index is 387. The van der Waals surface area contributed by atoms with Crippen LogP contribution >= 0.6 is 12.2 Å². The summed E-state index contributed by atoms with van der Waals surface area (Å²) in [6.45, 7) is 6.99. The molecule has 14 heavy (non-hydrogen) atoms. The number of ether oxygens (including phenoxy) is 1. The van der Waals surface area contributed by atoms with E-state index in [2.05, 4.69) is 16.8 Å². The first-order valence-corrected chi connectivity index (χ1v) is 4.61. The molecule has 1 heterocycles. The van der Waals surface area contributed by atoms with Crippen LogP contribution in [0.1, 0.15) is 6.92 Å². The normalized spacial score (nSPS) is 10.4. The molecule has 0 aliphatic carbocycles. The zero-order valence-electron chi connectivity index (χ0n) is 8.00. The number of nitrogens with one attached hydrogen (secondary N) is 2. The van der Waals surface area contributed by atoms with Crippen LogP contribution in [0.5, 0.6) is 0 Å². The highest BCUT2D eigenvalue weighted by molar-refractivity contribution is 7.71. The van der Waals surface area contributed by atoms with Gasteiger partial charge in [-0.1, -0.05) is 12.2 Å². The van der Waals surface area contributed by atoms with Gasteiger partial charge < -0.3 is 4.74 Å². The van der Waals surface area contributed by atoms with Crippen LogP contribution in [0.4, 0.5) is 0 Å². The molecule has 0 saturated carbocycles. The van der Waals surface area contributed by atoms with E-state index >= 15 is 0 Å². The molecule has 1 rings (SSSR count). The van der Waals surface area contributed by atoms with E-state index in [1.807, 2.05) is 6.92 Å². The molecule has 0 amide bonds. The average Bonchev–Trinajstić information content (AvgIpc) is 2.42. The first-order chi connectivity index (χ1) is 6.61. The minimum absolute atomic E-state index is 0.242. The summed E-state index contributed by atoms with van der Waals surface area (Å²) in [4.78, 5) is 11.1. The van der Waals surface area contributed by atoms with E-state index in [1.165, 1.54) is 4.57 Å². The summed E-state index contributed by atoms with van der Waals surface area (Å²) in [5.74, 6) is 0. The van der Waals surface area contributed by atoms with Crippen LogP contribution in [0.25, 0.3) is 0 Å². The second-order valence-corrected chi connectivity index (χ2v) is 3.41. The predicted octanol–water partition coefficient (Wildman–Crippen LogP) is 0.827. The first-order valence-electron chi connectivity index (χ1n) is 4.21. The monoisotopic (exact) mass is 215 g/mol. The van der Waals surface area contributed by atoms with Gasteiger partial charge in [-0.2, -0.15) is 0 Å². The number of H-pyrrole nitrogens is 2. The van der Waals surface area contributed by atoms with Gasteiger partial charge in [0.05, 0.1) is 19.8 Å². The van der Waals surface area contributed by atoms with E-state index in [1.54, 1.807) is 0 Å². The maximum Gasteiger partial charge on any atom is 0.342 e. The van der Waals surface area contributed by atoms with Crippen LogP contribution in [0.15, 0.2) is 16.9 Å². The zero-order valence-corrected chi connectivity index (χ0v) is 8.82. The van der Waals surface area contributed by atoms with Crippen LogP contribution in [0.2, 0.25) is 0 Å². The maximum absolute atomic E-state index is 11.1. The van der Waals surface area contributed by atoms with Crippen LogP contribution in [-0.4, -0.2) is 28.0 Å². The van der Waals surface area contributed by atoms with E-state index in [0.717, 1.165) is 5.57 Å². The van der Waals surface area contributed by atoms with Crippen molar-refractivity contribution in [3.8, 4) is 0 Å². The Balaban J connectivity index is 2.43. The topological polar surface area (TPSA) is 62.8 Å². The lowest BCUT2D eigenvalue weighted by Gasteiger charge is -2.02. The fourth-order valence-corrected chi connectivity index (χ4v) is 1.16. The summed E-state index contributed by atoms with van der Waals surface area (Å²) in [6.07, 6.45) is 0. The third-order valence-corrected chi connectivity index (χ3v) is 1.90. The van der Waals surface area contributed by atoms with Crippen LogP contribution < -0.4 is 5.69 Å². The van der Waals surface area contributed by atoms with Crippen LogP contribution in [0, 0.1) is 4.77 Å². The minimum atomic E-state index is -0.242. The van der Waals surface area contributed by atoms with Crippen molar-refractivity contribution in [1.82, 2.24) is 14.8 Å². The van der Waals surface area contributed by atoms with Gasteiger partial charge in [0.2, 0.25) is 0 Å². The van der Waals surface area contributed by atoms with Gasteiger partial charge in [0.15, 0.2) is 4.77 Å². The Morgan fingerprint density at radius 1 is 1.64 bits per heavy atom. The first kappa shape index (κ1) is 10.9. The highest BCUT2D eigenvalue weighted by atomic mass is 32.1. The second-order valence-electron chi connectivity index (χ2n) is 3.02. The molecule has 0 atom stereocenters. The molecule has 0 fully saturated rings. The van der Waals surface area contributed by atoms with Crippen molar-refractivity contribution >= 4 is 12.2 Å². The highest BCUT2D eigenvalue weighted by Gasteiger charge is 1.98. The van der Waals surface area contributed by atoms with Crippen LogP contribution in [0.3, 0.4) is 0 Å². The Hall–Kier alpha value is -1.14. The Morgan fingerprint density at radius 2 is 2.36 bits per heavy atom. The van der Waals surface area contributed by atoms with Crippen molar-refractivity contribution in [3.05, 3.63) is 27.4 Å². The lowest BCUT2D eigenvalue weighted by molar-refractivity contribution is 0.146. The largest absolute Gasteiger partial charge is 0.375 e. The van der Waals surface area contributed by atoms with E-state index in [0.29, 0.717) is 24.5 Å². The van der Waals surface area contributed by atoms with Crippen molar-refractivity contribution in [2.45, 2.75) is 13.5 Å². The molecular weight excluding hydrogens is 202 g/mol. The molecule has 2 N–H and O–H groups in total. The van der Waals surface area contributed by atoms with Gasteiger partial charge in [0, 0.05) is 0 Å². The van der Waals surface area contributed by atoms with Gasteiger partial charge in [0.1, 0.15) is 0 Å². The maximum atomic E-state index is 11.1. The number of aromatic amines is 2. The van der Waals surface area contributed by atoms with Crippen molar-refractivity contribution in [2.75, 3.05) is 13.2 Å².